The molecule has 5 rings (SSSR count). The number of para-hydroxylation sites is 1. The van der Waals surface area contributed by atoms with Gasteiger partial charge in [0.1, 0.15) is 17.9 Å². The largest absolute Gasteiger partial charge is 0.489 e. The standard InChI is InChI=1S/C28H24F3NO5S/c29-28(30,31)22-11-8-20(9-12-22)18-36-23-6-3-4-19(16-23)10-13-25(33)24-14-15-32(24)38(34,35)27-17-21-5-1-2-7-26(21)37-27/h1-9,11-12,16-17,24H,10,13-15,18H2. The normalized spacial score (nSPS) is 16.3. The highest BCUT2D eigenvalue weighted by Gasteiger charge is 2.43. The van der Waals surface area contributed by atoms with Gasteiger partial charge in [-0.2, -0.15) is 17.5 Å². The van der Waals surface area contributed by atoms with Crippen molar-refractivity contribution in [3.05, 3.63) is 95.6 Å². The summed E-state index contributed by atoms with van der Waals surface area (Å²) in [6.45, 7) is 0.347. The molecule has 0 bridgehead atoms. The number of nitrogens with zero attached hydrogens (tertiary/aromatic N) is 1. The summed E-state index contributed by atoms with van der Waals surface area (Å²) in [5.41, 5.74) is 1.17. The molecule has 4 aromatic rings. The number of ketones is 1. The molecule has 1 unspecified atom stereocenters. The Morgan fingerprint density at radius 3 is 2.42 bits per heavy atom. The van der Waals surface area contributed by atoms with Crippen LogP contribution in [-0.2, 0) is 34.0 Å². The Morgan fingerprint density at radius 1 is 0.974 bits per heavy atom. The maximum atomic E-state index is 13.1. The van der Waals surface area contributed by atoms with Gasteiger partial charge in [0.15, 0.2) is 5.78 Å². The topological polar surface area (TPSA) is 76.8 Å². The van der Waals surface area contributed by atoms with Crippen LogP contribution >= 0.6 is 0 Å². The Morgan fingerprint density at radius 2 is 1.74 bits per heavy atom. The van der Waals surface area contributed by atoms with Crippen LogP contribution in [0.25, 0.3) is 11.0 Å². The van der Waals surface area contributed by atoms with Gasteiger partial charge in [-0.25, -0.2) is 8.42 Å². The van der Waals surface area contributed by atoms with Gasteiger partial charge in [0, 0.05) is 24.4 Å². The number of Topliss-reactive ketones (excluding diaryl/α,β-unsaturated/α-hetero) is 1. The van der Waals surface area contributed by atoms with Crippen LogP contribution in [0.5, 0.6) is 5.75 Å². The lowest BCUT2D eigenvalue weighted by Crippen LogP contribution is -2.54. The van der Waals surface area contributed by atoms with E-state index in [-0.39, 0.29) is 30.4 Å². The van der Waals surface area contributed by atoms with E-state index in [1.807, 2.05) is 6.07 Å². The van der Waals surface area contributed by atoms with E-state index < -0.39 is 27.8 Å². The molecule has 1 saturated heterocycles. The number of hydrogen-bond donors (Lipinski definition) is 0. The van der Waals surface area contributed by atoms with Crippen molar-refractivity contribution >= 4 is 26.8 Å². The summed E-state index contributed by atoms with van der Waals surface area (Å²) in [4.78, 5) is 12.9. The number of sulfonamides is 1. The average molecular weight is 544 g/mol. The van der Waals surface area contributed by atoms with Gasteiger partial charge in [-0.15, -0.1) is 0 Å². The number of carbonyl (C=O) groups excluding carboxylic acids is 1. The van der Waals surface area contributed by atoms with Crippen LogP contribution in [0.2, 0.25) is 0 Å². The Bertz CT molecular complexity index is 1530. The highest BCUT2D eigenvalue weighted by molar-refractivity contribution is 7.89. The van der Waals surface area contributed by atoms with Crippen LogP contribution in [0.1, 0.15) is 29.5 Å². The second kappa shape index (κ2) is 10.3. The van der Waals surface area contributed by atoms with Gasteiger partial charge >= 0.3 is 6.18 Å². The molecule has 10 heteroatoms. The summed E-state index contributed by atoms with van der Waals surface area (Å²) in [6.07, 6.45) is -3.39. The molecular weight excluding hydrogens is 519 g/mol. The molecule has 1 atom stereocenters. The van der Waals surface area contributed by atoms with Gasteiger partial charge < -0.3 is 9.15 Å². The predicted octanol–water partition coefficient (Wildman–Crippen LogP) is 6.00. The Hall–Kier alpha value is -3.63. The first-order valence-electron chi connectivity index (χ1n) is 12.0. The quantitative estimate of drug-likeness (QED) is 0.259. The Labute approximate surface area is 217 Å². The zero-order chi connectivity index (χ0) is 26.9. The monoisotopic (exact) mass is 543 g/mol. The van der Waals surface area contributed by atoms with E-state index in [4.69, 9.17) is 9.15 Å². The van der Waals surface area contributed by atoms with Crippen molar-refractivity contribution in [3.8, 4) is 5.75 Å². The molecule has 0 spiro atoms. The van der Waals surface area contributed by atoms with Gasteiger partial charge in [-0.05, 0) is 54.3 Å². The summed E-state index contributed by atoms with van der Waals surface area (Å²) in [5, 5.41) is 0.504. The van der Waals surface area contributed by atoms with E-state index >= 15 is 0 Å². The highest BCUT2D eigenvalue weighted by Crippen LogP contribution is 2.32. The Balaban J connectivity index is 1.17. The van der Waals surface area contributed by atoms with Crippen LogP contribution in [0.3, 0.4) is 0 Å². The molecule has 2 heterocycles. The molecule has 0 amide bonds. The zero-order valence-corrected chi connectivity index (χ0v) is 21.0. The summed E-state index contributed by atoms with van der Waals surface area (Å²) in [7, 11) is -3.93. The number of rotatable bonds is 9. The summed E-state index contributed by atoms with van der Waals surface area (Å²) >= 11 is 0. The lowest BCUT2D eigenvalue weighted by molar-refractivity contribution is -0.137. The number of hydrogen-bond acceptors (Lipinski definition) is 5. The number of fused-ring (bicyclic) bond motifs is 1. The van der Waals surface area contributed by atoms with Crippen molar-refractivity contribution in [3.63, 3.8) is 0 Å². The minimum Gasteiger partial charge on any atom is -0.489 e. The van der Waals surface area contributed by atoms with Gasteiger partial charge in [0.2, 0.25) is 5.09 Å². The minimum atomic E-state index is -4.39. The van der Waals surface area contributed by atoms with Crippen LogP contribution in [0, 0.1) is 0 Å². The molecule has 0 aliphatic carbocycles. The van der Waals surface area contributed by atoms with Crippen molar-refractivity contribution in [1.29, 1.82) is 0 Å². The molecule has 6 nitrogen and oxygen atoms in total. The lowest BCUT2D eigenvalue weighted by atomic mass is 9.97. The number of alkyl halides is 3. The molecule has 1 aliphatic heterocycles. The number of aryl methyl sites for hydroxylation is 1. The van der Waals surface area contributed by atoms with Gasteiger partial charge in [-0.3, -0.25) is 4.79 Å². The van der Waals surface area contributed by atoms with Crippen molar-refractivity contribution in [1.82, 2.24) is 4.31 Å². The molecule has 38 heavy (non-hydrogen) atoms. The molecule has 1 fully saturated rings. The van der Waals surface area contributed by atoms with Crippen molar-refractivity contribution in [2.45, 2.75) is 43.2 Å². The molecule has 1 aliphatic rings. The van der Waals surface area contributed by atoms with Crippen molar-refractivity contribution in [2.24, 2.45) is 0 Å². The predicted molar refractivity (Wildman–Crippen MR) is 134 cm³/mol. The van der Waals surface area contributed by atoms with E-state index in [2.05, 4.69) is 0 Å². The zero-order valence-electron chi connectivity index (χ0n) is 20.1. The molecule has 0 saturated carbocycles. The van der Waals surface area contributed by atoms with E-state index in [1.165, 1.54) is 22.5 Å². The number of benzene rings is 3. The van der Waals surface area contributed by atoms with E-state index in [1.54, 1.807) is 42.5 Å². The summed E-state index contributed by atoms with van der Waals surface area (Å²) < 4.78 is 76.8. The Kier molecular flexibility index (Phi) is 7.02. The fourth-order valence-electron chi connectivity index (χ4n) is 4.35. The first-order chi connectivity index (χ1) is 18.1. The van der Waals surface area contributed by atoms with Crippen molar-refractivity contribution < 1.29 is 35.5 Å². The van der Waals surface area contributed by atoms with E-state index in [0.717, 1.165) is 17.7 Å². The first kappa shape index (κ1) is 26.0. The number of ether oxygens (including phenoxy) is 1. The molecule has 0 radical (unpaired) electrons. The fraction of sp³-hybridized carbons (Fsp3) is 0.250. The van der Waals surface area contributed by atoms with Gasteiger partial charge in [0.25, 0.3) is 10.0 Å². The van der Waals surface area contributed by atoms with Gasteiger partial charge in [0.05, 0.1) is 11.6 Å². The molecule has 3 aromatic carbocycles. The van der Waals surface area contributed by atoms with Crippen LogP contribution in [-0.4, -0.2) is 31.1 Å². The van der Waals surface area contributed by atoms with E-state index in [0.29, 0.717) is 35.1 Å². The number of halogens is 3. The van der Waals surface area contributed by atoms with Gasteiger partial charge in [-0.1, -0.05) is 42.5 Å². The SMILES string of the molecule is O=C(CCc1cccc(OCc2ccc(C(F)(F)F)cc2)c1)C1CCN1S(=O)(=O)c1cc2ccccc2o1. The number of carbonyl (C=O) groups is 1. The third-order valence-electron chi connectivity index (χ3n) is 6.55. The third-order valence-corrected chi connectivity index (χ3v) is 8.32. The molecule has 0 N–H and O–H groups in total. The van der Waals surface area contributed by atoms with Crippen LogP contribution in [0.4, 0.5) is 13.2 Å². The van der Waals surface area contributed by atoms with Crippen LogP contribution < -0.4 is 4.74 Å². The minimum absolute atomic E-state index is 0.0944. The van der Waals surface area contributed by atoms with Crippen molar-refractivity contribution in [2.75, 3.05) is 6.54 Å². The lowest BCUT2D eigenvalue weighted by Gasteiger charge is -2.37. The van der Waals surface area contributed by atoms with E-state index in [9.17, 15) is 26.4 Å². The second-order valence-electron chi connectivity index (χ2n) is 9.12. The third kappa shape index (κ3) is 5.46. The summed E-state index contributed by atoms with van der Waals surface area (Å²) in [5.74, 6) is 0.347. The first-order valence-corrected chi connectivity index (χ1v) is 13.5. The molecular formula is C28H24F3NO5S. The molecule has 1 aromatic heterocycles. The second-order valence-corrected chi connectivity index (χ2v) is 10.9. The highest BCUT2D eigenvalue weighted by atomic mass is 32.2. The number of furan rings is 1. The average Bonchev–Trinajstić information content (AvgIpc) is 3.31. The maximum Gasteiger partial charge on any atom is 0.416 e. The van der Waals surface area contributed by atoms with Crippen LogP contribution in [0.15, 0.2) is 88.4 Å². The maximum absolute atomic E-state index is 13.1. The smallest absolute Gasteiger partial charge is 0.416 e. The fourth-order valence-corrected chi connectivity index (χ4v) is 5.96. The summed E-state index contributed by atoms with van der Waals surface area (Å²) in [6, 6.07) is 19.6. The molecule has 198 valence electrons.